The summed E-state index contributed by atoms with van der Waals surface area (Å²) >= 11 is 0. The van der Waals surface area contributed by atoms with Gasteiger partial charge < -0.3 is 23.7 Å². The molecule has 372 valence electrons. The minimum atomic E-state index is 0.106. The second kappa shape index (κ2) is 30.7. The van der Waals surface area contributed by atoms with Crippen LogP contribution in [-0.2, 0) is 23.7 Å². The lowest BCUT2D eigenvalue weighted by atomic mass is 9.47. The molecule has 5 rings (SSSR count). The minimum Gasteiger partial charge on any atom is -0.381 e. The third-order valence-corrected chi connectivity index (χ3v) is 17.5. The van der Waals surface area contributed by atoms with Crippen LogP contribution in [0.3, 0.4) is 0 Å². The van der Waals surface area contributed by atoms with Crippen LogP contribution in [0.1, 0.15) is 215 Å². The maximum Gasteiger partial charge on any atom is 0.0934 e. The standard InChI is InChI=1S/C58H105NO5/c1-7-8-9-10-11-12-13-14-15-16-17-18-19-20-21-22-38-62-47-52(46-59-36-43-61-44-37-59)64-42-25-40-60-39-24-41-63-51-32-34-57(5)50(45-51)28-29-53-55-31-30-54(49(4)27-23-26-48(2)3)58(55,6)35-33-56(53)57/h14-15,28,48-49,51-56H,7-13,16-27,29-47H2,1-6H3/t49-,51+,52?,53+,54-,55+,56+,57+,58-/m1/s1. The van der Waals surface area contributed by atoms with Crippen molar-refractivity contribution >= 4 is 0 Å². The molecule has 0 aromatic heterocycles. The van der Waals surface area contributed by atoms with Crippen molar-refractivity contribution in [2.75, 3.05) is 72.5 Å². The van der Waals surface area contributed by atoms with E-state index in [1.54, 1.807) is 5.57 Å². The van der Waals surface area contributed by atoms with Crippen LogP contribution in [0.4, 0.5) is 0 Å². The van der Waals surface area contributed by atoms with E-state index < -0.39 is 0 Å². The molecular formula is C58H105NO5. The van der Waals surface area contributed by atoms with Gasteiger partial charge >= 0.3 is 0 Å². The molecule has 1 unspecified atom stereocenters. The molecule has 1 saturated heterocycles. The van der Waals surface area contributed by atoms with Crippen LogP contribution in [-0.4, -0.2) is 89.6 Å². The van der Waals surface area contributed by atoms with Crippen LogP contribution in [0.5, 0.6) is 0 Å². The fraction of sp³-hybridized carbons (Fsp3) is 0.931. The quantitative estimate of drug-likeness (QED) is 0.0467. The zero-order chi connectivity index (χ0) is 45.3. The lowest BCUT2D eigenvalue weighted by Gasteiger charge is -2.58. The molecule has 0 amide bonds. The van der Waals surface area contributed by atoms with Gasteiger partial charge in [0.25, 0.3) is 0 Å². The maximum atomic E-state index is 6.55. The van der Waals surface area contributed by atoms with Crippen molar-refractivity contribution in [2.45, 2.75) is 227 Å². The Morgan fingerprint density at radius 1 is 0.703 bits per heavy atom. The predicted octanol–water partition coefficient (Wildman–Crippen LogP) is 15.0. The number of unbranched alkanes of at least 4 members (excludes halogenated alkanes) is 12. The lowest BCUT2D eigenvalue weighted by Crippen LogP contribution is -2.51. The van der Waals surface area contributed by atoms with E-state index in [-0.39, 0.29) is 6.10 Å². The third-order valence-electron chi connectivity index (χ3n) is 17.5. The average molecular weight is 896 g/mol. The Hall–Kier alpha value is -0.760. The number of ether oxygens (including phenoxy) is 5. The second-order valence-corrected chi connectivity index (χ2v) is 22.8. The zero-order valence-corrected chi connectivity index (χ0v) is 43.2. The molecule has 0 spiro atoms. The summed E-state index contributed by atoms with van der Waals surface area (Å²) < 4.78 is 30.8. The first kappa shape index (κ1) is 54.2. The van der Waals surface area contributed by atoms with E-state index in [2.05, 4.69) is 64.7 Å². The van der Waals surface area contributed by atoms with Gasteiger partial charge in [-0.3, -0.25) is 4.90 Å². The van der Waals surface area contributed by atoms with E-state index in [1.165, 1.54) is 148 Å². The fourth-order valence-electron chi connectivity index (χ4n) is 13.6. The van der Waals surface area contributed by atoms with Gasteiger partial charge in [0.15, 0.2) is 0 Å². The highest BCUT2D eigenvalue weighted by Gasteiger charge is 2.59. The van der Waals surface area contributed by atoms with Crippen molar-refractivity contribution in [3.63, 3.8) is 0 Å². The molecule has 1 heterocycles. The maximum absolute atomic E-state index is 6.55. The topological polar surface area (TPSA) is 49.4 Å². The number of fused-ring (bicyclic) bond motifs is 5. The highest BCUT2D eigenvalue weighted by molar-refractivity contribution is 5.25. The molecule has 3 saturated carbocycles. The average Bonchev–Trinajstić information content (AvgIpc) is 3.65. The van der Waals surface area contributed by atoms with Crippen molar-refractivity contribution in [3.8, 4) is 0 Å². The summed E-state index contributed by atoms with van der Waals surface area (Å²) in [5, 5.41) is 0. The number of nitrogens with zero attached hydrogens (tertiary/aromatic N) is 1. The van der Waals surface area contributed by atoms with Gasteiger partial charge in [-0.25, -0.2) is 0 Å². The molecular weight excluding hydrogens is 791 g/mol. The van der Waals surface area contributed by atoms with E-state index >= 15 is 0 Å². The van der Waals surface area contributed by atoms with E-state index in [4.69, 9.17) is 23.7 Å². The molecule has 6 heteroatoms. The summed E-state index contributed by atoms with van der Waals surface area (Å²) in [5.74, 6) is 5.39. The first-order valence-corrected chi connectivity index (χ1v) is 28.3. The summed E-state index contributed by atoms with van der Waals surface area (Å²) in [6.07, 6.45) is 43.8. The van der Waals surface area contributed by atoms with Crippen LogP contribution in [0, 0.1) is 46.3 Å². The van der Waals surface area contributed by atoms with Gasteiger partial charge in [0.1, 0.15) is 0 Å². The largest absolute Gasteiger partial charge is 0.381 e. The Morgan fingerprint density at radius 3 is 2.12 bits per heavy atom. The molecule has 5 aliphatic rings. The van der Waals surface area contributed by atoms with Crippen LogP contribution in [0.15, 0.2) is 23.8 Å². The SMILES string of the molecule is CCCCCCCCC=CCCCCCCCCOCC(CN1CCOCC1)OCCCOCCCO[C@H]1CC[C@@]2(C)C(=CC[C@H]3[C@@H]4CC[C@H]([C@H](C)CCCC(C)C)[C@@]4(C)CC[C@@H]32)C1. The second-order valence-electron chi connectivity index (χ2n) is 22.8. The van der Waals surface area contributed by atoms with Gasteiger partial charge in [0, 0.05) is 52.7 Å². The fourth-order valence-corrected chi connectivity index (χ4v) is 13.6. The Morgan fingerprint density at radius 2 is 1.39 bits per heavy atom. The van der Waals surface area contributed by atoms with Crippen LogP contribution in [0.25, 0.3) is 0 Å². The summed E-state index contributed by atoms with van der Waals surface area (Å²) in [7, 11) is 0. The number of hydrogen-bond acceptors (Lipinski definition) is 6. The zero-order valence-electron chi connectivity index (χ0n) is 43.2. The number of rotatable bonds is 35. The monoisotopic (exact) mass is 896 g/mol. The molecule has 4 fully saturated rings. The van der Waals surface area contributed by atoms with E-state index in [0.29, 0.717) is 23.5 Å². The minimum absolute atomic E-state index is 0.106. The molecule has 0 aromatic rings. The first-order chi connectivity index (χ1) is 31.2. The Kier molecular flexibility index (Phi) is 26.0. The van der Waals surface area contributed by atoms with E-state index in [0.717, 1.165) is 127 Å². The van der Waals surface area contributed by atoms with Crippen molar-refractivity contribution in [1.82, 2.24) is 4.90 Å². The van der Waals surface area contributed by atoms with Gasteiger partial charge in [0.2, 0.25) is 0 Å². The van der Waals surface area contributed by atoms with Gasteiger partial charge in [-0.2, -0.15) is 0 Å². The number of allylic oxidation sites excluding steroid dienone is 3. The summed E-state index contributed by atoms with van der Waals surface area (Å²) in [6.45, 7) is 24.2. The highest BCUT2D eigenvalue weighted by atomic mass is 16.5. The predicted molar refractivity (Wildman–Crippen MR) is 270 cm³/mol. The normalized spacial score (nSPS) is 29.5. The highest BCUT2D eigenvalue weighted by Crippen LogP contribution is 2.67. The molecule has 4 aliphatic carbocycles. The summed E-state index contributed by atoms with van der Waals surface area (Å²) in [5.41, 5.74) is 2.71. The summed E-state index contributed by atoms with van der Waals surface area (Å²) in [6, 6.07) is 0. The summed E-state index contributed by atoms with van der Waals surface area (Å²) in [4.78, 5) is 2.47. The van der Waals surface area contributed by atoms with Crippen molar-refractivity contribution < 1.29 is 23.7 Å². The molecule has 6 nitrogen and oxygen atoms in total. The molecule has 9 atom stereocenters. The van der Waals surface area contributed by atoms with Gasteiger partial charge in [-0.05, 0) is 143 Å². The molecule has 1 aliphatic heterocycles. The van der Waals surface area contributed by atoms with Gasteiger partial charge in [0.05, 0.1) is 32.0 Å². The molecule has 0 aromatic carbocycles. The van der Waals surface area contributed by atoms with Crippen LogP contribution >= 0.6 is 0 Å². The molecule has 64 heavy (non-hydrogen) atoms. The molecule has 0 bridgehead atoms. The first-order valence-electron chi connectivity index (χ1n) is 28.3. The molecule has 0 radical (unpaired) electrons. The Bertz CT molecular complexity index is 1260. The van der Waals surface area contributed by atoms with Crippen molar-refractivity contribution in [3.05, 3.63) is 23.8 Å². The van der Waals surface area contributed by atoms with E-state index in [1.807, 2.05) is 0 Å². The number of morpholine rings is 1. The van der Waals surface area contributed by atoms with Gasteiger partial charge in [-0.15, -0.1) is 0 Å². The Labute approximate surface area is 396 Å². The lowest BCUT2D eigenvalue weighted by molar-refractivity contribution is -0.0653. The van der Waals surface area contributed by atoms with Crippen molar-refractivity contribution in [2.24, 2.45) is 46.3 Å². The Balaban J connectivity index is 0.880. The van der Waals surface area contributed by atoms with Crippen LogP contribution in [0.2, 0.25) is 0 Å². The molecule has 0 N–H and O–H groups in total. The van der Waals surface area contributed by atoms with Crippen LogP contribution < -0.4 is 0 Å². The smallest absolute Gasteiger partial charge is 0.0934 e. The number of hydrogen-bond donors (Lipinski definition) is 0. The van der Waals surface area contributed by atoms with Crippen molar-refractivity contribution in [1.29, 1.82) is 0 Å². The third kappa shape index (κ3) is 18.0. The van der Waals surface area contributed by atoms with Gasteiger partial charge in [-0.1, -0.05) is 142 Å². The van der Waals surface area contributed by atoms with E-state index in [9.17, 15) is 0 Å².